The molecule has 0 spiro atoms. The number of fused-ring (bicyclic) bond motifs is 1. The van der Waals surface area contributed by atoms with E-state index in [9.17, 15) is 4.79 Å². The summed E-state index contributed by atoms with van der Waals surface area (Å²) in [5, 5.41) is 13.9. The molecule has 5 nitrogen and oxygen atoms in total. The zero-order valence-corrected chi connectivity index (χ0v) is 9.36. The second kappa shape index (κ2) is 4.18. The lowest BCUT2D eigenvalue weighted by Gasteiger charge is -2.05. The Hall–Kier alpha value is -1.88. The maximum Gasteiger partial charge on any atom is 0.238 e. The van der Waals surface area contributed by atoms with Crippen LogP contribution in [0.3, 0.4) is 0 Å². The Bertz CT molecular complexity index is 544. The Morgan fingerprint density at radius 2 is 2.35 bits per heavy atom. The van der Waals surface area contributed by atoms with Gasteiger partial charge < -0.3 is 10.6 Å². The summed E-state index contributed by atoms with van der Waals surface area (Å²) in [5.74, 6) is -0.000236. The van der Waals surface area contributed by atoms with Crippen molar-refractivity contribution in [3.8, 4) is 0 Å². The molecule has 3 N–H and O–H groups in total. The van der Waals surface area contributed by atoms with Crippen LogP contribution >= 0.6 is 0 Å². The Morgan fingerprint density at radius 1 is 1.47 bits per heavy atom. The Balaban J connectivity index is 1.64. The molecule has 88 valence electrons. The third-order valence-electron chi connectivity index (χ3n) is 2.85. The number of anilines is 1. The first-order valence-corrected chi connectivity index (χ1v) is 5.77. The van der Waals surface area contributed by atoms with Crippen LogP contribution in [0.4, 0.5) is 5.69 Å². The Kier molecular flexibility index (Phi) is 2.53. The molecule has 1 aromatic carbocycles. The van der Waals surface area contributed by atoms with Gasteiger partial charge in [0.2, 0.25) is 5.91 Å². The van der Waals surface area contributed by atoms with Crippen LogP contribution in [0.5, 0.6) is 0 Å². The number of carbonyl (C=O) groups excluding carboxylic acids is 1. The minimum atomic E-state index is -0.000236. The van der Waals surface area contributed by atoms with Crippen molar-refractivity contribution < 1.29 is 4.79 Å². The van der Waals surface area contributed by atoms with Crippen LogP contribution in [0.2, 0.25) is 0 Å². The van der Waals surface area contributed by atoms with Crippen LogP contribution in [-0.4, -0.2) is 28.7 Å². The van der Waals surface area contributed by atoms with Crippen molar-refractivity contribution in [2.75, 3.05) is 11.9 Å². The highest BCUT2D eigenvalue weighted by Gasteiger charge is 2.21. The smallest absolute Gasteiger partial charge is 0.238 e. The fourth-order valence-electron chi connectivity index (χ4n) is 1.75. The standard InChI is InChI=1S/C12H14N4O/c17-12(7-13-9-1-2-9)15-10-3-4-11-8(5-10)6-14-16-11/h3-6,9,13H,1-2,7H2,(H,14,16)(H,15,17). The SMILES string of the molecule is O=C(CNC1CC1)Nc1ccc2[nH]ncc2c1. The maximum absolute atomic E-state index is 11.6. The highest BCUT2D eigenvalue weighted by molar-refractivity contribution is 5.94. The number of hydrogen-bond acceptors (Lipinski definition) is 3. The lowest BCUT2D eigenvalue weighted by molar-refractivity contribution is -0.115. The molecule has 1 heterocycles. The van der Waals surface area contributed by atoms with Gasteiger partial charge in [0, 0.05) is 17.1 Å². The zero-order chi connectivity index (χ0) is 11.7. The average molecular weight is 230 g/mol. The molecule has 1 fully saturated rings. The number of rotatable bonds is 4. The van der Waals surface area contributed by atoms with Crippen LogP contribution < -0.4 is 10.6 Å². The molecule has 5 heteroatoms. The van der Waals surface area contributed by atoms with Crippen LogP contribution in [0.1, 0.15) is 12.8 Å². The van der Waals surface area contributed by atoms with Gasteiger partial charge in [0.15, 0.2) is 0 Å². The number of aromatic amines is 1. The maximum atomic E-state index is 11.6. The molecule has 0 aliphatic heterocycles. The predicted octanol–water partition coefficient (Wildman–Crippen LogP) is 1.25. The minimum Gasteiger partial charge on any atom is -0.325 e. The van der Waals surface area contributed by atoms with E-state index in [2.05, 4.69) is 20.8 Å². The summed E-state index contributed by atoms with van der Waals surface area (Å²) in [4.78, 5) is 11.6. The fourth-order valence-corrected chi connectivity index (χ4v) is 1.75. The van der Waals surface area contributed by atoms with Crippen LogP contribution in [0.25, 0.3) is 10.9 Å². The molecule has 1 saturated carbocycles. The minimum absolute atomic E-state index is 0.000236. The number of benzene rings is 1. The normalized spacial score (nSPS) is 15.1. The second-order valence-electron chi connectivity index (χ2n) is 4.38. The van der Waals surface area contributed by atoms with Gasteiger partial charge in [-0.1, -0.05) is 0 Å². The van der Waals surface area contributed by atoms with Gasteiger partial charge in [-0.15, -0.1) is 0 Å². The molecule has 0 bridgehead atoms. The molecule has 1 amide bonds. The van der Waals surface area contributed by atoms with Gasteiger partial charge in [-0.05, 0) is 31.0 Å². The molecule has 17 heavy (non-hydrogen) atoms. The van der Waals surface area contributed by atoms with E-state index >= 15 is 0 Å². The summed E-state index contributed by atoms with van der Waals surface area (Å²) in [6, 6.07) is 6.24. The van der Waals surface area contributed by atoms with Gasteiger partial charge in [-0.3, -0.25) is 9.89 Å². The molecule has 3 rings (SSSR count). The number of H-pyrrole nitrogens is 1. The van der Waals surface area contributed by atoms with Gasteiger partial charge in [-0.25, -0.2) is 0 Å². The largest absolute Gasteiger partial charge is 0.325 e. The lowest BCUT2D eigenvalue weighted by Crippen LogP contribution is -2.29. The molecule has 2 aromatic rings. The first-order valence-electron chi connectivity index (χ1n) is 5.77. The van der Waals surface area contributed by atoms with Gasteiger partial charge in [0.05, 0.1) is 18.3 Å². The third kappa shape index (κ3) is 2.45. The number of nitrogens with one attached hydrogen (secondary N) is 3. The molecule has 1 aromatic heterocycles. The quantitative estimate of drug-likeness (QED) is 0.740. The molecule has 0 radical (unpaired) electrons. The van der Waals surface area contributed by atoms with Crippen LogP contribution in [0, 0.1) is 0 Å². The molecular weight excluding hydrogens is 216 g/mol. The highest BCUT2D eigenvalue weighted by Crippen LogP contribution is 2.18. The van der Waals surface area contributed by atoms with E-state index in [1.54, 1.807) is 6.20 Å². The molecule has 1 aliphatic carbocycles. The summed E-state index contributed by atoms with van der Waals surface area (Å²) >= 11 is 0. The van der Waals surface area contributed by atoms with Crippen LogP contribution in [0.15, 0.2) is 24.4 Å². The van der Waals surface area contributed by atoms with Gasteiger partial charge >= 0.3 is 0 Å². The number of carbonyl (C=O) groups is 1. The van der Waals surface area contributed by atoms with E-state index in [0.29, 0.717) is 12.6 Å². The van der Waals surface area contributed by atoms with Gasteiger partial charge in [0.1, 0.15) is 0 Å². The molecule has 0 atom stereocenters. The van der Waals surface area contributed by atoms with E-state index in [0.717, 1.165) is 16.6 Å². The van der Waals surface area contributed by atoms with Crippen molar-refractivity contribution >= 4 is 22.5 Å². The topological polar surface area (TPSA) is 69.8 Å². The van der Waals surface area contributed by atoms with E-state index in [1.807, 2.05) is 18.2 Å². The van der Waals surface area contributed by atoms with Crippen molar-refractivity contribution in [3.05, 3.63) is 24.4 Å². The Labute approximate surface area is 98.6 Å². The summed E-state index contributed by atoms with van der Waals surface area (Å²) < 4.78 is 0. The van der Waals surface area contributed by atoms with Crippen molar-refractivity contribution in [2.45, 2.75) is 18.9 Å². The second-order valence-corrected chi connectivity index (χ2v) is 4.38. The van der Waals surface area contributed by atoms with Gasteiger partial charge in [-0.2, -0.15) is 5.10 Å². The van der Waals surface area contributed by atoms with E-state index < -0.39 is 0 Å². The van der Waals surface area contributed by atoms with Gasteiger partial charge in [0.25, 0.3) is 0 Å². The average Bonchev–Trinajstić information content (AvgIpc) is 3.04. The van der Waals surface area contributed by atoms with Crippen LogP contribution in [-0.2, 0) is 4.79 Å². The van der Waals surface area contributed by atoms with Crippen molar-refractivity contribution in [2.24, 2.45) is 0 Å². The fraction of sp³-hybridized carbons (Fsp3) is 0.333. The molecule has 1 aliphatic rings. The summed E-state index contributed by atoms with van der Waals surface area (Å²) in [5.41, 5.74) is 1.78. The number of aromatic nitrogens is 2. The molecular formula is C12H14N4O. The van der Waals surface area contributed by atoms with Crippen molar-refractivity contribution in [1.82, 2.24) is 15.5 Å². The molecule has 0 unspecified atom stereocenters. The summed E-state index contributed by atoms with van der Waals surface area (Å²) in [7, 11) is 0. The number of hydrogen-bond donors (Lipinski definition) is 3. The first-order chi connectivity index (χ1) is 8.31. The summed E-state index contributed by atoms with van der Waals surface area (Å²) in [6.45, 7) is 0.383. The third-order valence-corrected chi connectivity index (χ3v) is 2.85. The van der Waals surface area contributed by atoms with Crippen molar-refractivity contribution in [3.63, 3.8) is 0 Å². The number of nitrogens with zero attached hydrogens (tertiary/aromatic N) is 1. The molecule has 0 saturated heterocycles. The summed E-state index contributed by atoms with van der Waals surface area (Å²) in [6.07, 6.45) is 4.12. The van der Waals surface area contributed by atoms with E-state index in [-0.39, 0.29) is 5.91 Å². The Morgan fingerprint density at radius 3 is 3.18 bits per heavy atom. The lowest BCUT2D eigenvalue weighted by atomic mass is 10.2. The van der Waals surface area contributed by atoms with E-state index in [1.165, 1.54) is 12.8 Å². The monoisotopic (exact) mass is 230 g/mol. The predicted molar refractivity (Wildman–Crippen MR) is 65.7 cm³/mol. The number of amides is 1. The van der Waals surface area contributed by atoms with E-state index in [4.69, 9.17) is 0 Å². The van der Waals surface area contributed by atoms with Crippen molar-refractivity contribution in [1.29, 1.82) is 0 Å². The highest BCUT2D eigenvalue weighted by atomic mass is 16.1. The zero-order valence-electron chi connectivity index (χ0n) is 9.36. The first kappa shape index (κ1) is 10.3.